The Morgan fingerprint density at radius 3 is 2.50 bits per heavy atom. The molecular formula is C14H13F5O. The van der Waals surface area contributed by atoms with Crippen molar-refractivity contribution in [3.8, 4) is 0 Å². The van der Waals surface area contributed by atoms with E-state index in [-0.39, 0.29) is 25.7 Å². The fourth-order valence-electron chi connectivity index (χ4n) is 2.63. The first-order valence-corrected chi connectivity index (χ1v) is 6.35. The molecule has 1 nitrogen and oxygen atoms in total. The van der Waals surface area contributed by atoms with Crippen molar-refractivity contribution in [3.05, 3.63) is 35.4 Å². The molecule has 6 heteroatoms. The summed E-state index contributed by atoms with van der Waals surface area (Å²) in [6.45, 7) is 0. The van der Waals surface area contributed by atoms with Crippen molar-refractivity contribution in [3.63, 3.8) is 0 Å². The van der Waals surface area contributed by atoms with Crippen molar-refractivity contribution in [2.75, 3.05) is 0 Å². The third kappa shape index (κ3) is 3.16. The Morgan fingerprint density at radius 2 is 1.85 bits per heavy atom. The summed E-state index contributed by atoms with van der Waals surface area (Å²) in [7, 11) is 0. The number of carbonyl (C=O) groups is 1. The number of alkyl halides is 3. The summed E-state index contributed by atoms with van der Waals surface area (Å²) < 4.78 is 64.6. The molecule has 1 fully saturated rings. The zero-order valence-corrected chi connectivity index (χ0v) is 10.5. The van der Waals surface area contributed by atoms with Gasteiger partial charge in [-0.15, -0.1) is 0 Å². The number of hydrogen-bond acceptors (Lipinski definition) is 1. The van der Waals surface area contributed by atoms with Crippen LogP contribution in [0.4, 0.5) is 22.0 Å². The number of Topliss-reactive ketones (excluding diaryl/α,β-unsaturated/α-hetero) is 1. The highest BCUT2D eigenvalue weighted by Crippen LogP contribution is 2.41. The number of halogens is 5. The maximum Gasteiger partial charge on any atom is 0.391 e. The van der Waals surface area contributed by atoms with Crippen molar-refractivity contribution in [2.24, 2.45) is 11.8 Å². The molecule has 0 heterocycles. The maximum absolute atomic E-state index is 13.5. The van der Waals surface area contributed by atoms with E-state index < -0.39 is 41.0 Å². The van der Waals surface area contributed by atoms with Crippen LogP contribution in [-0.2, 0) is 0 Å². The van der Waals surface area contributed by atoms with Gasteiger partial charge in [-0.1, -0.05) is 6.42 Å². The normalized spacial score (nSPS) is 23.6. The second-order valence-electron chi connectivity index (χ2n) is 5.09. The Balaban J connectivity index is 2.18. The highest BCUT2D eigenvalue weighted by Gasteiger charge is 2.43. The van der Waals surface area contributed by atoms with Crippen molar-refractivity contribution < 1.29 is 26.7 Å². The third-order valence-electron chi connectivity index (χ3n) is 3.70. The average Bonchev–Trinajstić information content (AvgIpc) is 2.40. The van der Waals surface area contributed by atoms with Gasteiger partial charge in [-0.25, -0.2) is 8.78 Å². The van der Waals surface area contributed by atoms with Crippen molar-refractivity contribution >= 4 is 5.78 Å². The van der Waals surface area contributed by atoms with E-state index in [1.54, 1.807) is 0 Å². The minimum atomic E-state index is -4.35. The van der Waals surface area contributed by atoms with E-state index in [4.69, 9.17) is 0 Å². The fourth-order valence-corrected chi connectivity index (χ4v) is 2.63. The highest BCUT2D eigenvalue weighted by molar-refractivity contribution is 5.98. The smallest absolute Gasteiger partial charge is 0.294 e. The Hall–Kier alpha value is -1.46. The van der Waals surface area contributed by atoms with Gasteiger partial charge in [0.25, 0.3) is 0 Å². The molecule has 1 aliphatic rings. The molecule has 1 aromatic rings. The van der Waals surface area contributed by atoms with E-state index >= 15 is 0 Å². The Morgan fingerprint density at radius 1 is 1.15 bits per heavy atom. The Kier molecular flexibility index (Phi) is 4.11. The van der Waals surface area contributed by atoms with Crippen molar-refractivity contribution in [1.82, 2.24) is 0 Å². The summed E-state index contributed by atoms with van der Waals surface area (Å²) in [4.78, 5) is 12.1. The second kappa shape index (κ2) is 5.50. The van der Waals surface area contributed by atoms with Gasteiger partial charge in [0.1, 0.15) is 11.6 Å². The molecule has 0 saturated heterocycles. The van der Waals surface area contributed by atoms with Crippen LogP contribution in [0.2, 0.25) is 0 Å². The summed E-state index contributed by atoms with van der Waals surface area (Å²) >= 11 is 0. The maximum atomic E-state index is 13.5. The molecule has 0 amide bonds. The molecule has 2 unspecified atom stereocenters. The average molecular weight is 292 g/mol. The van der Waals surface area contributed by atoms with Crippen LogP contribution in [0.15, 0.2) is 18.2 Å². The first kappa shape index (κ1) is 14.9. The molecule has 2 rings (SSSR count). The van der Waals surface area contributed by atoms with Gasteiger partial charge in [-0.2, -0.15) is 13.2 Å². The molecular weight excluding hydrogens is 279 g/mol. The van der Waals surface area contributed by atoms with E-state index in [2.05, 4.69) is 0 Å². The van der Waals surface area contributed by atoms with E-state index in [0.29, 0.717) is 0 Å². The Labute approximate surface area is 112 Å². The molecule has 0 aliphatic heterocycles. The molecule has 2 atom stereocenters. The zero-order chi connectivity index (χ0) is 14.9. The van der Waals surface area contributed by atoms with Gasteiger partial charge in [0.2, 0.25) is 0 Å². The van der Waals surface area contributed by atoms with Gasteiger partial charge in [0.15, 0.2) is 5.78 Å². The largest absolute Gasteiger partial charge is 0.391 e. The monoisotopic (exact) mass is 292 g/mol. The van der Waals surface area contributed by atoms with E-state index in [0.717, 1.165) is 18.2 Å². The lowest BCUT2D eigenvalue weighted by atomic mass is 9.77. The van der Waals surface area contributed by atoms with Crippen molar-refractivity contribution in [1.29, 1.82) is 0 Å². The van der Waals surface area contributed by atoms with E-state index in [9.17, 15) is 26.7 Å². The van der Waals surface area contributed by atoms with Gasteiger partial charge >= 0.3 is 6.18 Å². The van der Waals surface area contributed by atoms with Crippen LogP contribution >= 0.6 is 0 Å². The number of rotatable bonds is 2. The Bertz CT molecular complexity index is 509. The van der Waals surface area contributed by atoms with E-state index in [1.807, 2.05) is 0 Å². The van der Waals surface area contributed by atoms with Crippen LogP contribution in [0.1, 0.15) is 36.0 Å². The molecule has 20 heavy (non-hydrogen) atoms. The van der Waals surface area contributed by atoms with Crippen LogP contribution in [-0.4, -0.2) is 12.0 Å². The highest BCUT2D eigenvalue weighted by atomic mass is 19.4. The van der Waals surface area contributed by atoms with Gasteiger partial charge in [0.05, 0.1) is 11.5 Å². The predicted octanol–water partition coefficient (Wildman–Crippen LogP) is 4.52. The number of hydrogen-bond donors (Lipinski definition) is 0. The first-order chi connectivity index (χ1) is 9.29. The molecule has 0 radical (unpaired) electrons. The molecule has 1 saturated carbocycles. The second-order valence-corrected chi connectivity index (χ2v) is 5.09. The van der Waals surface area contributed by atoms with Crippen LogP contribution in [0.25, 0.3) is 0 Å². The minimum absolute atomic E-state index is 0.0150. The molecule has 0 spiro atoms. The first-order valence-electron chi connectivity index (χ1n) is 6.35. The summed E-state index contributed by atoms with van der Waals surface area (Å²) in [5.41, 5.74) is -0.460. The van der Waals surface area contributed by atoms with Crippen LogP contribution in [0, 0.1) is 23.5 Å². The lowest BCUT2D eigenvalue weighted by Crippen LogP contribution is -2.32. The number of ketones is 1. The molecule has 110 valence electrons. The van der Waals surface area contributed by atoms with Gasteiger partial charge in [0, 0.05) is 5.92 Å². The SMILES string of the molecule is O=C(c1cc(F)ccc1F)C1CCCC(C(F)(F)F)C1. The topological polar surface area (TPSA) is 17.1 Å². The van der Waals surface area contributed by atoms with Crippen LogP contribution in [0.3, 0.4) is 0 Å². The quantitative estimate of drug-likeness (QED) is 0.578. The molecule has 1 aliphatic carbocycles. The number of carbonyl (C=O) groups excluding carboxylic acids is 1. The third-order valence-corrected chi connectivity index (χ3v) is 3.70. The summed E-state index contributed by atoms with van der Waals surface area (Å²) in [5.74, 6) is -4.85. The fraction of sp³-hybridized carbons (Fsp3) is 0.500. The summed E-state index contributed by atoms with van der Waals surface area (Å²) in [6, 6.07) is 2.42. The van der Waals surface area contributed by atoms with E-state index in [1.165, 1.54) is 0 Å². The van der Waals surface area contributed by atoms with Crippen LogP contribution < -0.4 is 0 Å². The van der Waals surface area contributed by atoms with Gasteiger partial charge in [-0.05, 0) is 37.5 Å². The molecule has 0 aromatic heterocycles. The number of benzene rings is 1. The standard InChI is InChI=1S/C14H13F5O/c15-10-4-5-12(16)11(7-10)13(20)8-2-1-3-9(6-8)14(17,18)19/h4-5,7-9H,1-3,6H2. The summed E-state index contributed by atoms with van der Waals surface area (Å²) in [5, 5.41) is 0. The molecule has 0 N–H and O–H groups in total. The summed E-state index contributed by atoms with van der Waals surface area (Å²) in [6.07, 6.45) is -4.17. The zero-order valence-electron chi connectivity index (χ0n) is 10.5. The predicted molar refractivity (Wildman–Crippen MR) is 62.2 cm³/mol. The lowest BCUT2D eigenvalue weighted by molar-refractivity contribution is -0.184. The minimum Gasteiger partial charge on any atom is -0.294 e. The molecule has 1 aromatic carbocycles. The molecule has 0 bridgehead atoms. The van der Waals surface area contributed by atoms with Crippen molar-refractivity contribution in [2.45, 2.75) is 31.9 Å². The van der Waals surface area contributed by atoms with Gasteiger partial charge in [-0.3, -0.25) is 4.79 Å². The van der Waals surface area contributed by atoms with Gasteiger partial charge < -0.3 is 0 Å². The van der Waals surface area contributed by atoms with Crippen LogP contribution in [0.5, 0.6) is 0 Å². The lowest BCUT2D eigenvalue weighted by Gasteiger charge is -2.29.